The molecule has 0 saturated carbocycles. The zero-order valence-electron chi connectivity index (χ0n) is 8.49. The summed E-state index contributed by atoms with van der Waals surface area (Å²) in [6.45, 7) is 0. The van der Waals surface area contributed by atoms with Gasteiger partial charge in [-0.25, -0.2) is 0 Å². The molecule has 0 radical (unpaired) electrons. The molecule has 0 aromatic heterocycles. The largest absolute Gasteiger partial charge is 0.457 e. The molecule has 0 bridgehead atoms. The van der Waals surface area contributed by atoms with Crippen LogP contribution in [-0.4, -0.2) is 0 Å². The van der Waals surface area contributed by atoms with Gasteiger partial charge < -0.3 is 4.74 Å². The Morgan fingerprint density at radius 2 is 1.69 bits per heavy atom. The van der Waals surface area contributed by atoms with Crippen LogP contribution in [0, 0.1) is 0 Å². The average molecular weight is 298 g/mol. The van der Waals surface area contributed by atoms with Gasteiger partial charge in [-0.15, -0.1) is 11.6 Å². The Morgan fingerprint density at radius 3 is 2.38 bits per heavy atom. The fraction of sp³-hybridized carbons (Fsp3) is 0.0769. The van der Waals surface area contributed by atoms with Crippen LogP contribution in [0.3, 0.4) is 0 Å². The number of para-hydroxylation sites is 1. The van der Waals surface area contributed by atoms with Gasteiger partial charge in [0.15, 0.2) is 0 Å². The fourth-order valence-corrected chi connectivity index (χ4v) is 1.83. The lowest BCUT2D eigenvalue weighted by Gasteiger charge is -2.09. The number of hydrogen-bond acceptors (Lipinski definition) is 1. The molecule has 82 valence electrons. The van der Waals surface area contributed by atoms with Gasteiger partial charge >= 0.3 is 0 Å². The van der Waals surface area contributed by atoms with Gasteiger partial charge in [-0.3, -0.25) is 0 Å². The van der Waals surface area contributed by atoms with E-state index in [1.54, 1.807) is 0 Å². The average Bonchev–Trinajstić information content (AvgIpc) is 2.33. The van der Waals surface area contributed by atoms with Gasteiger partial charge in [-0.1, -0.05) is 34.1 Å². The molecule has 0 N–H and O–H groups in total. The molecule has 0 aliphatic carbocycles. The molecule has 0 heterocycles. The summed E-state index contributed by atoms with van der Waals surface area (Å²) in [7, 11) is 0. The Bertz CT molecular complexity index is 468. The topological polar surface area (TPSA) is 9.23 Å². The van der Waals surface area contributed by atoms with E-state index in [0.29, 0.717) is 5.88 Å². The van der Waals surface area contributed by atoms with Crippen molar-refractivity contribution in [2.75, 3.05) is 0 Å². The molecule has 3 heteroatoms. The molecule has 0 unspecified atom stereocenters. The third kappa shape index (κ3) is 2.77. The van der Waals surface area contributed by atoms with Gasteiger partial charge in [-0.05, 0) is 30.3 Å². The van der Waals surface area contributed by atoms with Crippen LogP contribution >= 0.6 is 27.5 Å². The van der Waals surface area contributed by atoms with Crippen LogP contribution in [0.5, 0.6) is 11.5 Å². The second-order valence-electron chi connectivity index (χ2n) is 3.30. The lowest BCUT2D eigenvalue weighted by molar-refractivity contribution is 0.478. The van der Waals surface area contributed by atoms with E-state index in [-0.39, 0.29) is 0 Å². The van der Waals surface area contributed by atoms with E-state index >= 15 is 0 Å². The first kappa shape index (κ1) is 11.5. The van der Waals surface area contributed by atoms with E-state index < -0.39 is 0 Å². The maximum atomic E-state index is 5.84. The summed E-state index contributed by atoms with van der Waals surface area (Å²) in [6, 6.07) is 15.5. The van der Waals surface area contributed by atoms with Gasteiger partial charge in [0.1, 0.15) is 11.5 Å². The highest BCUT2D eigenvalue weighted by molar-refractivity contribution is 9.10. The smallest absolute Gasteiger partial charge is 0.131 e. The van der Waals surface area contributed by atoms with Gasteiger partial charge in [0.25, 0.3) is 0 Å². The van der Waals surface area contributed by atoms with Crippen LogP contribution in [0.1, 0.15) is 5.56 Å². The number of rotatable bonds is 3. The van der Waals surface area contributed by atoms with Crippen molar-refractivity contribution >= 4 is 27.5 Å². The summed E-state index contributed by atoms with van der Waals surface area (Å²) < 4.78 is 6.78. The van der Waals surface area contributed by atoms with Crippen molar-refractivity contribution in [2.45, 2.75) is 5.88 Å². The first-order valence-electron chi connectivity index (χ1n) is 4.87. The highest BCUT2D eigenvalue weighted by atomic mass is 79.9. The standard InChI is InChI=1S/C13H10BrClO/c14-11-5-7-12(8-6-11)16-13-4-2-1-3-10(13)9-15/h1-8H,9H2. The van der Waals surface area contributed by atoms with E-state index in [1.165, 1.54) is 0 Å². The minimum absolute atomic E-state index is 0.451. The van der Waals surface area contributed by atoms with Crippen LogP contribution < -0.4 is 4.74 Å². The van der Waals surface area contributed by atoms with Crippen molar-refractivity contribution < 1.29 is 4.74 Å². The molecular weight excluding hydrogens is 287 g/mol. The van der Waals surface area contributed by atoms with Gasteiger partial charge in [0, 0.05) is 10.0 Å². The lowest BCUT2D eigenvalue weighted by atomic mass is 10.2. The minimum atomic E-state index is 0.451. The first-order chi connectivity index (χ1) is 7.79. The minimum Gasteiger partial charge on any atom is -0.457 e. The molecule has 2 aromatic rings. The quantitative estimate of drug-likeness (QED) is 0.726. The number of hydrogen-bond donors (Lipinski definition) is 0. The van der Waals surface area contributed by atoms with E-state index in [0.717, 1.165) is 21.5 Å². The van der Waals surface area contributed by atoms with Crippen LogP contribution in [0.15, 0.2) is 53.0 Å². The number of ether oxygens (including phenoxy) is 1. The van der Waals surface area contributed by atoms with E-state index in [4.69, 9.17) is 16.3 Å². The Kier molecular flexibility index (Phi) is 3.86. The zero-order valence-corrected chi connectivity index (χ0v) is 10.8. The molecule has 0 saturated heterocycles. The van der Waals surface area contributed by atoms with Crippen molar-refractivity contribution in [2.24, 2.45) is 0 Å². The second-order valence-corrected chi connectivity index (χ2v) is 4.48. The van der Waals surface area contributed by atoms with Gasteiger partial charge in [0.2, 0.25) is 0 Å². The van der Waals surface area contributed by atoms with Crippen LogP contribution in [0.25, 0.3) is 0 Å². The third-order valence-electron chi connectivity index (χ3n) is 2.16. The summed E-state index contributed by atoms with van der Waals surface area (Å²) in [6.07, 6.45) is 0. The Labute approximate surface area is 108 Å². The molecule has 0 fully saturated rings. The van der Waals surface area contributed by atoms with Crippen molar-refractivity contribution in [3.63, 3.8) is 0 Å². The SMILES string of the molecule is ClCc1ccccc1Oc1ccc(Br)cc1. The Morgan fingerprint density at radius 1 is 1.00 bits per heavy atom. The van der Waals surface area contributed by atoms with Gasteiger partial charge in [-0.2, -0.15) is 0 Å². The third-order valence-corrected chi connectivity index (χ3v) is 2.97. The predicted molar refractivity (Wildman–Crippen MR) is 70.2 cm³/mol. The molecule has 2 rings (SSSR count). The molecule has 0 aliphatic rings. The van der Waals surface area contributed by atoms with Crippen molar-refractivity contribution in [1.82, 2.24) is 0 Å². The lowest BCUT2D eigenvalue weighted by Crippen LogP contribution is -1.88. The number of alkyl halides is 1. The molecule has 16 heavy (non-hydrogen) atoms. The van der Waals surface area contributed by atoms with E-state index in [9.17, 15) is 0 Å². The van der Waals surface area contributed by atoms with Crippen molar-refractivity contribution in [1.29, 1.82) is 0 Å². The number of halogens is 2. The van der Waals surface area contributed by atoms with Crippen LogP contribution in [-0.2, 0) is 5.88 Å². The highest BCUT2D eigenvalue weighted by Crippen LogP contribution is 2.27. The Balaban J connectivity index is 2.23. The molecule has 0 aliphatic heterocycles. The molecule has 0 spiro atoms. The van der Waals surface area contributed by atoms with Crippen molar-refractivity contribution in [3.05, 3.63) is 58.6 Å². The van der Waals surface area contributed by atoms with Crippen molar-refractivity contribution in [3.8, 4) is 11.5 Å². The van der Waals surface area contributed by atoms with Gasteiger partial charge in [0.05, 0.1) is 5.88 Å². The number of benzene rings is 2. The fourth-order valence-electron chi connectivity index (χ4n) is 1.34. The monoisotopic (exact) mass is 296 g/mol. The zero-order chi connectivity index (χ0) is 11.4. The summed E-state index contributed by atoms with van der Waals surface area (Å²) in [4.78, 5) is 0. The van der Waals surface area contributed by atoms with Crippen LogP contribution in [0.4, 0.5) is 0 Å². The summed E-state index contributed by atoms with van der Waals surface area (Å²) >= 11 is 9.22. The molecule has 0 atom stereocenters. The maximum Gasteiger partial charge on any atom is 0.131 e. The summed E-state index contributed by atoms with van der Waals surface area (Å²) in [5.41, 5.74) is 0.993. The first-order valence-corrected chi connectivity index (χ1v) is 6.19. The molecular formula is C13H10BrClO. The van der Waals surface area contributed by atoms with Crippen LogP contribution in [0.2, 0.25) is 0 Å². The maximum absolute atomic E-state index is 5.84. The van der Waals surface area contributed by atoms with E-state index in [1.807, 2.05) is 48.5 Å². The predicted octanol–water partition coefficient (Wildman–Crippen LogP) is 4.98. The summed E-state index contributed by atoms with van der Waals surface area (Å²) in [5, 5.41) is 0. The summed E-state index contributed by atoms with van der Waals surface area (Å²) in [5.74, 6) is 2.06. The Hall–Kier alpha value is -0.990. The molecule has 2 aromatic carbocycles. The van der Waals surface area contributed by atoms with E-state index in [2.05, 4.69) is 15.9 Å². The molecule has 0 amide bonds. The highest BCUT2D eigenvalue weighted by Gasteiger charge is 2.02. The molecule has 1 nitrogen and oxygen atoms in total. The normalized spacial score (nSPS) is 10.1. The second kappa shape index (κ2) is 5.37.